The molecule has 0 amide bonds. The zero-order valence-electron chi connectivity index (χ0n) is 9.25. The fourth-order valence-electron chi connectivity index (χ4n) is 1.97. The summed E-state index contributed by atoms with van der Waals surface area (Å²) in [5.41, 5.74) is -0.323. The molecule has 0 aromatic heterocycles. The second kappa shape index (κ2) is 5.33. The highest BCUT2D eigenvalue weighted by molar-refractivity contribution is 5.05. The van der Waals surface area contributed by atoms with E-state index < -0.39 is 0 Å². The fraction of sp³-hybridized carbons (Fsp3) is 0.909. The minimum Gasteiger partial charge on any atom is -0.385 e. The van der Waals surface area contributed by atoms with Crippen molar-refractivity contribution in [3.05, 3.63) is 0 Å². The van der Waals surface area contributed by atoms with E-state index in [2.05, 4.69) is 11.0 Å². The molecule has 1 atom stereocenters. The molecule has 0 spiro atoms. The molecule has 3 heteroatoms. The first kappa shape index (κ1) is 11.5. The summed E-state index contributed by atoms with van der Waals surface area (Å²) in [6.45, 7) is 4.82. The van der Waals surface area contributed by atoms with E-state index in [-0.39, 0.29) is 5.54 Å². The van der Waals surface area contributed by atoms with Gasteiger partial charge in [0.05, 0.1) is 6.07 Å². The molecule has 1 unspecified atom stereocenters. The highest BCUT2D eigenvalue weighted by Crippen LogP contribution is 2.23. The van der Waals surface area contributed by atoms with E-state index in [0.29, 0.717) is 6.61 Å². The third-order valence-corrected chi connectivity index (χ3v) is 3.09. The van der Waals surface area contributed by atoms with Gasteiger partial charge >= 0.3 is 0 Å². The molecule has 1 rings (SSSR count). The summed E-state index contributed by atoms with van der Waals surface area (Å²) in [5.74, 6) is 0. The number of rotatable bonds is 4. The predicted molar refractivity (Wildman–Crippen MR) is 55.9 cm³/mol. The Morgan fingerprint density at radius 1 is 1.36 bits per heavy atom. The van der Waals surface area contributed by atoms with Gasteiger partial charge < -0.3 is 4.74 Å². The molecule has 0 aromatic carbocycles. The molecule has 1 saturated heterocycles. The molecular formula is C11H20N2O. The van der Waals surface area contributed by atoms with Crippen LogP contribution in [0, 0.1) is 11.3 Å². The third kappa shape index (κ3) is 2.70. The maximum absolute atomic E-state index is 9.22. The van der Waals surface area contributed by atoms with Crippen LogP contribution in [-0.2, 0) is 4.74 Å². The Morgan fingerprint density at radius 3 is 2.50 bits per heavy atom. The first-order valence-electron chi connectivity index (χ1n) is 5.38. The second-order valence-electron chi connectivity index (χ2n) is 4.18. The average Bonchev–Trinajstić information content (AvgIpc) is 2.27. The van der Waals surface area contributed by atoms with Crippen molar-refractivity contribution in [1.82, 2.24) is 4.90 Å². The van der Waals surface area contributed by atoms with Crippen LogP contribution in [0.1, 0.15) is 32.6 Å². The summed E-state index contributed by atoms with van der Waals surface area (Å²) in [6.07, 6.45) is 4.57. The highest BCUT2D eigenvalue weighted by atomic mass is 16.5. The van der Waals surface area contributed by atoms with Gasteiger partial charge in [-0.15, -0.1) is 0 Å². The van der Waals surface area contributed by atoms with E-state index in [9.17, 15) is 5.26 Å². The predicted octanol–water partition coefficient (Wildman–Crippen LogP) is 1.79. The third-order valence-electron chi connectivity index (χ3n) is 3.09. The topological polar surface area (TPSA) is 36.3 Å². The van der Waals surface area contributed by atoms with Crippen LogP contribution >= 0.6 is 0 Å². The van der Waals surface area contributed by atoms with Crippen LogP contribution in [0.25, 0.3) is 0 Å². The van der Waals surface area contributed by atoms with Gasteiger partial charge in [-0.3, -0.25) is 4.90 Å². The van der Waals surface area contributed by atoms with Gasteiger partial charge in [0, 0.05) is 20.1 Å². The standard InChI is InChI=1S/C11H20N2O/c1-11(10-12,6-9-14-2)13-7-4-3-5-8-13/h3-9H2,1-2H3. The Labute approximate surface area is 86.6 Å². The summed E-state index contributed by atoms with van der Waals surface area (Å²) in [6, 6.07) is 2.43. The van der Waals surface area contributed by atoms with Crippen molar-refractivity contribution >= 4 is 0 Å². The molecule has 0 saturated carbocycles. The van der Waals surface area contributed by atoms with E-state index >= 15 is 0 Å². The summed E-state index contributed by atoms with van der Waals surface area (Å²) in [5, 5.41) is 9.22. The lowest BCUT2D eigenvalue weighted by molar-refractivity contribution is 0.0841. The molecule has 1 aliphatic rings. The minimum absolute atomic E-state index is 0.323. The van der Waals surface area contributed by atoms with Gasteiger partial charge in [0.1, 0.15) is 5.54 Å². The number of methoxy groups -OCH3 is 1. The lowest BCUT2D eigenvalue weighted by atomic mass is 9.95. The van der Waals surface area contributed by atoms with E-state index in [1.807, 2.05) is 6.92 Å². The van der Waals surface area contributed by atoms with Crippen LogP contribution in [-0.4, -0.2) is 37.2 Å². The van der Waals surface area contributed by atoms with Crippen LogP contribution in [0.2, 0.25) is 0 Å². The Kier molecular flexibility index (Phi) is 4.37. The normalized spacial score (nSPS) is 22.6. The molecule has 1 heterocycles. The van der Waals surface area contributed by atoms with Crippen LogP contribution in [0.3, 0.4) is 0 Å². The lowest BCUT2D eigenvalue weighted by Gasteiger charge is -2.38. The van der Waals surface area contributed by atoms with Crippen LogP contribution < -0.4 is 0 Å². The van der Waals surface area contributed by atoms with Gasteiger partial charge in [-0.2, -0.15) is 5.26 Å². The van der Waals surface area contributed by atoms with Crippen LogP contribution in [0.4, 0.5) is 0 Å². The molecule has 80 valence electrons. The monoisotopic (exact) mass is 196 g/mol. The van der Waals surface area contributed by atoms with Crippen LogP contribution in [0.5, 0.6) is 0 Å². The average molecular weight is 196 g/mol. The van der Waals surface area contributed by atoms with E-state index in [1.54, 1.807) is 7.11 Å². The molecule has 1 aliphatic heterocycles. The molecule has 1 fully saturated rings. The Morgan fingerprint density at radius 2 is 2.00 bits per heavy atom. The van der Waals surface area contributed by atoms with Crippen molar-refractivity contribution in [3.8, 4) is 6.07 Å². The summed E-state index contributed by atoms with van der Waals surface area (Å²) in [7, 11) is 1.69. The SMILES string of the molecule is COCCC(C)(C#N)N1CCCCC1. The van der Waals surface area contributed by atoms with Crippen molar-refractivity contribution < 1.29 is 4.74 Å². The van der Waals surface area contributed by atoms with Crippen molar-refractivity contribution in [2.75, 3.05) is 26.8 Å². The fourth-order valence-corrected chi connectivity index (χ4v) is 1.97. The van der Waals surface area contributed by atoms with E-state index in [1.165, 1.54) is 19.3 Å². The maximum atomic E-state index is 9.22. The zero-order valence-corrected chi connectivity index (χ0v) is 9.25. The van der Waals surface area contributed by atoms with Gasteiger partial charge in [0.2, 0.25) is 0 Å². The van der Waals surface area contributed by atoms with Gasteiger partial charge in [-0.1, -0.05) is 6.42 Å². The Balaban J connectivity index is 2.53. The van der Waals surface area contributed by atoms with E-state index in [4.69, 9.17) is 4.74 Å². The highest BCUT2D eigenvalue weighted by Gasteiger charge is 2.32. The summed E-state index contributed by atoms with van der Waals surface area (Å²) in [4.78, 5) is 2.30. The van der Waals surface area contributed by atoms with Crippen molar-refractivity contribution in [2.45, 2.75) is 38.1 Å². The molecule has 0 N–H and O–H groups in total. The van der Waals surface area contributed by atoms with Gasteiger partial charge in [0.15, 0.2) is 0 Å². The van der Waals surface area contributed by atoms with Crippen LogP contribution in [0.15, 0.2) is 0 Å². The largest absolute Gasteiger partial charge is 0.385 e. The van der Waals surface area contributed by atoms with Crippen molar-refractivity contribution in [3.63, 3.8) is 0 Å². The number of nitriles is 1. The van der Waals surface area contributed by atoms with Gasteiger partial charge in [0.25, 0.3) is 0 Å². The molecule has 0 aliphatic carbocycles. The van der Waals surface area contributed by atoms with Crippen molar-refractivity contribution in [2.24, 2.45) is 0 Å². The summed E-state index contributed by atoms with van der Waals surface area (Å²) < 4.78 is 5.05. The Bertz CT molecular complexity index is 206. The molecule has 0 aromatic rings. The minimum atomic E-state index is -0.323. The Hall–Kier alpha value is -0.590. The van der Waals surface area contributed by atoms with Crippen molar-refractivity contribution in [1.29, 1.82) is 5.26 Å². The number of nitrogens with zero attached hydrogens (tertiary/aromatic N) is 2. The van der Waals surface area contributed by atoms with Gasteiger partial charge in [-0.05, 0) is 32.9 Å². The first-order valence-corrected chi connectivity index (χ1v) is 5.38. The number of hydrogen-bond acceptors (Lipinski definition) is 3. The molecule has 0 bridgehead atoms. The first-order chi connectivity index (χ1) is 6.73. The number of ether oxygens (including phenoxy) is 1. The molecular weight excluding hydrogens is 176 g/mol. The lowest BCUT2D eigenvalue weighted by Crippen LogP contribution is -2.48. The molecule has 0 radical (unpaired) electrons. The quantitative estimate of drug-likeness (QED) is 0.687. The number of likely N-dealkylation sites (tertiary alicyclic amines) is 1. The molecule has 3 nitrogen and oxygen atoms in total. The second-order valence-corrected chi connectivity index (χ2v) is 4.18. The van der Waals surface area contributed by atoms with E-state index in [0.717, 1.165) is 19.5 Å². The summed E-state index contributed by atoms with van der Waals surface area (Å²) >= 11 is 0. The number of hydrogen-bond donors (Lipinski definition) is 0. The smallest absolute Gasteiger partial charge is 0.108 e. The van der Waals surface area contributed by atoms with Gasteiger partial charge in [-0.25, -0.2) is 0 Å². The molecule has 14 heavy (non-hydrogen) atoms. The zero-order chi connectivity index (χ0) is 10.4. The maximum Gasteiger partial charge on any atom is 0.108 e. The number of piperidine rings is 1.